The molecule has 0 radical (unpaired) electrons. The minimum absolute atomic E-state index is 0.336. The van der Waals surface area contributed by atoms with Crippen LogP contribution >= 0.6 is 0 Å². The van der Waals surface area contributed by atoms with E-state index < -0.39 is 0 Å². The molecule has 0 spiro atoms. The monoisotopic (exact) mass is 486 g/mol. The maximum atomic E-state index is 9.58. The second-order valence-corrected chi connectivity index (χ2v) is 11.2. The van der Waals surface area contributed by atoms with Gasteiger partial charge < -0.3 is 20.2 Å². The lowest BCUT2D eigenvalue weighted by atomic mass is 9.85. The normalized spacial score (nSPS) is 17.3. The summed E-state index contributed by atoms with van der Waals surface area (Å²) in [6.07, 6.45) is 23.3. The highest BCUT2D eigenvalue weighted by atomic mass is 16.3. The summed E-state index contributed by atoms with van der Waals surface area (Å²) in [7, 11) is 0. The molecule has 2 aliphatic carbocycles. The van der Waals surface area contributed by atoms with Crippen LogP contribution in [-0.4, -0.2) is 20.2 Å². The van der Waals surface area contributed by atoms with Gasteiger partial charge in [0.25, 0.3) is 0 Å². The van der Waals surface area contributed by atoms with Crippen LogP contribution in [0.2, 0.25) is 0 Å². The second kappa shape index (κ2) is 11.9. The van der Waals surface area contributed by atoms with Crippen molar-refractivity contribution >= 4 is 21.8 Å². The first-order chi connectivity index (χ1) is 17.7. The van der Waals surface area contributed by atoms with Gasteiger partial charge in [0.1, 0.15) is 11.5 Å². The van der Waals surface area contributed by atoms with Crippen LogP contribution in [0.25, 0.3) is 21.8 Å². The summed E-state index contributed by atoms with van der Waals surface area (Å²) in [6.45, 7) is 0. The number of hydrogen-bond donors (Lipinski definition) is 4. The highest BCUT2D eigenvalue weighted by Gasteiger charge is 2.15. The lowest BCUT2D eigenvalue weighted by Crippen LogP contribution is -2.07. The molecule has 0 amide bonds. The molecule has 2 heterocycles. The van der Waals surface area contributed by atoms with Crippen molar-refractivity contribution in [1.29, 1.82) is 0 Å². The van der Waals surface area contributed by atoms with E-state index in [0.717, 1.165) is 35.7 Å². The number of rotatable bonds is 6. The molecule has 2 aromatic carbocycles. The summed E-state index contributed by atoms with van der Waals surface area (Å²) in [6, 6.07) is 11.2. The van der Waals surface area contributed by atoms with E-state index in [1.807, 2.05) is 18.2 Å². The summed E-state index contributed by atoms with van der Waals surface area (Å²) < 4.78 is 0. The molecule has 36 heavy (non-hydrogen) atoms. The molecule has 0 aliphatic heterocycles. The van der Waals surface area contributed by atoms with E-state index in [0.29, 0.717) is 11.5 Å². The number of hydrogen-bond acceptors (Lipinski definition) is 2. The van der Waals surface area contributed by atoms with Crippen LogP contribution in [0.1, 0.15) is 88.2 Å². The Morgan fingerprint density at radius 3 is 1.75 bits per heavy atom. The van der Waals surface area contributed by atoms with E-state index >= 15 is 0 Å². The fourth-order valence-electron chi connectivity index (χ4n) is 6.43. The molecule has 0 atom stereocenters. The third-order valence-electron chi connectivity index (χ3n) is 8.60. The number of benzene rings is 2. The summed E-state index contributed by atoms with van der Waals surface area (Å²) in [5.74, 6) is 2.55. The third kappa shape index (κ3) is 6.27. The molecule has 2 saturated carbocycles. The van der Waals surface area contributed by atoms with Gasteiger partial charge in [-0.05, 0) is 79.0 Å². The number of phenolic OH excluding ortho intramolecular Hbond substituents is 2. The van der Waals surface area contributed by atoms with Crippen molar-refractivity contribution in [2.75, 3.05) is 0 Å². The van der Waals surface area contributed by atoms with Gasteiger partial charge in [-0.2, -0.15) is 0 Å². The maximum absolute atomic E-state index is 9.58. The van der Waals surface area contributed by atoms with Crippen LogP contribution in [-0.2, 0) is 12.8 Å². The molecule has 2 fully saturated rings. The first kappa shape index (κ1) is 24.8. The zero-order chi connectivity index (χ0) is 24.7. The minimum Gasteiger partial charge on any atom is -0.508 e. The van der Waals surface area contributed by atoms with Gasteiger partial charge >= 0.3 is 0 Å². The van der Waals surface area contributed by atoms with Gasteiger partial charge in [0.2, 0.25) is 0 Å². The molecule has 4 N–H and O–H groups in total. The van der Waals surface area contributed by atoms with Crippen LogP contribution in [0.15, 0.2) is 48.8 Å². The number of aromatic hydroxyl groups is 2. The van der Waals surface area contributed by atoms with Gasteiger partial charge in [-0.15, -0.1) is 0 Å². The Bertz CT molecular complexity index is 1240. The van der Waals surface area contributed by atoms with Crippen LogP contribution in [0.3, 0.4) is 0 Å². The number of aromatic amines is 2. The molecular weight excluding hydrogens is 444 g/mol. The van der Waals surface area contributed by atoms with Gasteiger partial charge in [-0.1, -0.05) is 64.2 Å². The van der Waals surface area contributed by atoms with Crippen LogP contribution < -0.4 is 0 Å². The molecule has 4 aromatic rings. The van der Waals surface area contributed by atoms with Gasteiger partial charge in [0.15, 0.2) is 0 Å². The largest absolute Gasteiger partial charge is 0.508 e. The van der Waals surface area contributed by atoms with E-state index in [1.54, 1.807) is 18.2 Å². The smallest absolute Gasteiger partial charge is 0.117 e. The van der Waals surface area contributed by atoms with Crippen LogP contribution in [0.5, 0.6) is 11.5 Å². The van der Waals surface area contributed by atoms with Gasteiger partial charge in [0, 0.05) is 40.3 Å². The molecular formula is C32H42N2O2. The molecule has 2 aliphatic rings. The Balaban J connectivity index is 0.000000148. The number of phenols is 2. The van der Waals surface area contributed by atoms with Crippen molar-refractivity contribution < 1.29 is 10.2 Å². The van der Waals surface area contributed by atoms with Crippen molar-refractivity contribution in [3.63, 3.8) is 0 Å². The molecule has 4 heteroatoms. The number of fused-ring (bicyclic) bond motifs is 2. The minimum atomic E-state index is 0.336. The maximum Gasteiger partial charge on any atom is 0.117 e. The predicted molar refractivity (Wildman–Crippen MR) is 150 cm³/mol. The van der Waals surface area contributed by atoms with Crippen molar-refractivity contribution in [3.8, 4) is 11.5 Å². The molecule has 6 rings (SSSR count). The average molecular weight is 487 g/mol. The van der Waals surface area contributed by atoms with Gasteiger partial charge in [-0.3, -0.25) is 0 Å². The van der Waals surface area contributed by atoms with Gasteiger partial charge in [0.05, 0.1) is 0 Å². The highest BCUT2D eigenvalue weighted by molar-refractivity contribution is 5.85. The van der Waals surface area contributed by atoms with E-state index in [4.69, 9.17) is 0 Å². The Kier molecular flexibility index (Phi) is 8.20. The van der Waals surface area contributed by atoms with Crippen LogP contribution in [0.4, 0.5) is 0 Å². The van der Waals surface area contributed by atoms with Crippen molar-refractivity contribution in [2.45, 2.75) is 89.9 Å². The molecule has 0 bridgehead atoms. The Labute approximate surface area is 215 Å². The Hall–Kier alpha value is -2.88. The summed E-state index contributed by atoms with van der Waals surface area (Å²) >= 11 is 0. The lowest BCUT2D eigenvalue weighted by Gasteiger charge is -2.21. The van der Waals surface area contributed by atoms with E-state index in [1.165, 1.54) is 98.9 Å². The number of aryl methyl sites for hydroxylation is 2. The average Bonchev–Trinajstić information content (AvgIpc) is 3.51. The quantitative estimate of drug-likeness (QED) is 0.220. The summed E-state index contributed by atoms with van der Waals surface area (Å²) in [5.41, 5.74) is 4.93. The predicted octanol–water partition coefficient (Wildman–Crippen LogP) is 8.77. The van der Waals surface area contributed by atoms with Crippen molar-refractivity contribution in [2.24, 2.45) is 11.8 Å². The van der Waals surface area contributed by atoms with Crippen molar-refractivity contribution in [3.05, 3.63) is 59.9 Å². The topological polar surface area (TPSA) is 72.0 Å². The Morgan fingerprint density at radius 1 is 0.583 bits per heavy atom. The van der Waals surface area contributed by atoms with E-state index in [9.17, 15) is 10.2 Å². The zero-order valence-corrected chi connectivity index (χ0v) is 21.6. The van der Waals surface area contributed by atoms with Gasteiger partial charge in [-0.25, -0.2) is 0 Å². The first-order valence-corrected chi connectivity index (χ1v) is 14.2. The summed E-state index contributed by atoms with van der Waals surface area (Å²) in [4.78, 5) is 6.55. The third-order valence-corrected chi connectivity index (χ3v) is 8.60. The molecule has 4 nitrogen and oxygen atoms in total. The van der Waals surface area contributed by atoms with E-state index in [-0.39, 0.29) is 0 Å². The SMILES string of the molecule is Oc1ccc2[nH]cc(CCC3CCCCC3)c2c1.Oc1ccc2c(CCC3CCCCC3)c[nH]c2c1. The molecule has 192 valence electrons. The van der Waals surface area contributed by atoms with Crippen LogP contribution in [0, 0.1) is 11.8 Å². The molecule has 0 saturated heterocycles. The first-order valence-electron chi connectivity index (χ1n) is 14.2. The summed E-state index contributed by atoms with van der Waals surface area (Å²) in [5, 5.41) is 21.5. The number of nitrogens with one attached hydrogen (secondary N) is 2. The zero-order valence-electron chi connectivity index (χ0n) is 21.6. The fraction of sp³-hybridized carbons (Fsp3) is 0.500. The van der Waals surface area contributed by atoms with E-state index in [2.05, 4.69) is 22.4 Å². The fourth-order valence-corrected chi connectivity index (χ4v) is 6.43. The highest BCUT2D eigenvalue weighted by Crippen LogP contribution is 2.31. The number of H-pyrrole nitrogens is 2. The standard InChI is InChI=1S/2C16H21NO/c18-14-8-9-16-15(10-14)13(11-17-16)7-6-12-4-2-1-3-5-12;18-14-8-9-15-13(11-17-16(15)10-14)7-6-12-4-2-1-3-5-12/h2*8-12,17-18H,1-7H2. The van der Waals surface area contributed by atoms with Crippen molar-refractivity contribution in [1.82, 2.24) is 9.97 Å². The molecule has 0 unspecified atom stereocenters. The molecule has 2 aromatic heterocycles. The second-order valence-electron chi connectivity index (χ2n) is 11.2. The lowest BCUT2D eigenvalue weighted by molar-refractivity contribution is 0.339. The number of aromatic nitrogens is 2. The Morgan fingerprint density at radius 2 is 1.11 bits per heavy atom.